The summed E-state index contributed by atoms with van der Waals surface area (Å²) in [5, 5.41) is 11.1. The van der Waals surface area contributed by atoms with Gasteiger partial charge < -0.3 is 4.90 Å². The Bertz CT molecular complexity index is 811. The van der Waals surface area contributed by atoms with E-state index in [-0.39, 0.29) is 18.1 Å². The summed E-state index contributed by atoms with van der Waals surface area (Å²) in [4.78, 5) is 25.6. The Morgan fingerprint density at radius 2 is 1.92 bits per heavy atom. The molecule has 0 spiro atoms. The molecule has 2 aromatic carbocycles. The number of thioether (sulfide) groups is 1. The number of nitro groups is 1. The minimum atomic E-state index is -0.420. The van der Waals surface area contributed by atoms with Crippen molar-refractivity contribution in [1.29, 1.82) is 0 Å². The maximum absolute atomic E-state index is 12.4. The van der Waals surface area contributed by atoms with Crippen LogP contribution in [0.1, 0.15) is 16.7 Å². The average Bonchev–Trinajstić information content (AvgIpc) is 2.56. The van der Waals surface area contributed by atoms with Crippen LogP contribution in [0, 0.1) is 24.0 Å². The Hall–Kier alpha value is -1.86. The lowest BCUT2D eigenvalue weighted by atomic mass is 10.1. The molecule has 132 valence electrons. The lowest BCUT2D eigenvalue weighted by Gasteiger charge is -2.17. The molecule has 5 nitrogen and oxygen atoms in total. The molecule has 2 rings (SSSR count). The van der Waals surface area contributed by atoms with Crippen LogP contribution in [-0.4, -0.2) is 28.5 Å². The summed E-state index contributed by atoms with van der Waals surface area (Å²) in [7, 11) is 1.67. The Kier molecular flexibility index (Phi) is 6.61. The van der Waals surface area contributed by atoms with Crippen LogP contribution in [0.3, 0.4) is 0 Å². The van der Waals surface area contributed by atoms with Crippen molar-refractivity contribution in [3.8, 4) is 0 Å². The average molecular weight is 423 g/mol. The van der Waals surface area contributed by atoms with E-state index in [0.717, 1.165) is 20.5 Å². The van der Waals surface area contributed by atoms with Gasteiger partial charge in [0.05, 0.1) is 17.2 Å². The molecule has 0 fully saturated rings. The van der Waals surface area contributed by atoms with Crippen LogP contribution >= 0.6 is 27.7 Å². The monoisotopic (exact) mass is 422 g/mol. The van der Waals surface area contributed by atoms with Crippen molar-refractivity contribution in [3.05, 3.63) is 67.7 Å². The first-order valence-electron chi connectivity index (χ1n) is 7.65. The number of aryl methyl sites for hydroxylation is 2. The predicted octanol–water partition coefficient (Wildman–Crippen LogP) is 4.72. The van der Waals surface area contributed by atoms with E-state index < -0.39 is 4.92 Å². The molecule has 0 atom stereocenters. The van der Waals surface area contributed by atoms with E-state index in [9.17, 15) is 14.9 Å². The van der Waals surface area contributed by atoms with Crippen LogP contribution in [0.15, 0.2) is 45.8 Å². The summed E-state index contributed by atoms with van der Waals surface area (Å²) in [6, 6.07) is 10.6. The van der Waals surface area contributed by atoms with Gasteiger partial charge in [-0.15, -0.1) is 11.8 Å². The van der Waals surface area contributed by atoms with Crippen LogP contribution in [0.2, 0.25) is 0 Å². The Morgan fingerprint density at radius 1 is 1.24 bits per heavy atom. The molecule has 7 heteroatoms. The minimum Gasteiger partial charge on any atom is -0.340 e. The number of hydrogen-bond donors (Lipinski definition) is 0. The third-order valence-corrected chi connectivity index (χ3v) is 5.83. The van der Waals surface area contributed by atoms with Crippen LogP contribution in [-0.2, 0) is 11.3 Å². The number of carbonyl (C=O) groups excluding carboxylic acids is 1. The van der Waals surface area contributed by atoms with Gasteiger partial charge in [0.15, 0.2) is 0 Å². The summed E-state index contributed by atoms with van der Waals surface area (Å²) in [5.74, 6) is 0.224. The van der Waals surface area contributed by atoms with E-state index >= 15 is 0 Å². The number of halogens is 1. The van der Waals surface area contributed by atoms with Gasteiger partial charge in [-0.1, -0.05) is 34.1 Å². The van der Waals surface area contributed by atoms with E-state index in [4.69, 9.17) is 0 Å². The quantitative estimate of drug-likeness (QED) is 0.383. The lowest BCUT2D eigenvalue weighted by Crippen LogP contribution is -2.28. The molecule has 0 aliphatic heterocycles. The summed E-state index contributed by atoms with van der Waals surface area (Å²) in [6.07, 6.45) is 0. The maximum Gasteiger partial charge on any atom is 0.274 e. The number of nitrogens with zero attached hydrogens (tertiary/aromatic N) is 2. The van der Waals surface area contributed by atoms with E-state index in [1.54, 1.807) is 25.2 Å². The van der Waals surface area contributed by atoms with Crippen LogP contribution in [0.25, 0.3) is 0 Å². The number of hydrogen-bond acceptors (Lipinski definition) is 4. The summed E-state index contributed by atoms with van der Waals surface area (Å²) in [6.45, 7) is 4.24. The van der Waals surface area contributed by atoms with Crippen LogP contribution in [0.5, 0.6) is 0 Å². The molecule has 0 aromatic heterocycles. The molecule has 1 amide bonds. The normalized spacial score (nSPS) is 10.6. The van der Waals surface area contributed by atoms with Gasteiger partial charge in [-0.05, 0) is 37.1 Å². The highest BCUT2D eigenvalue weighted by atomic mass is 79.9. The van der Waals surface area contributed by atoms with Crippen molar-refractivity contribution in [1.82, 2.24) is 4.90 Å². The smallest absolute Gasteiger partial charge is 0.274 e. The number of benzene rings is 2. The van der Waals surface area contributed by atoms with Crippen LogP contribution in [0.4, 0.5) is 5.69 Å². The zero-order valence-electron chi connectivity index (χ0n) is 14.3. The molecule has 2 aromatic rings. The fraction of sp³-hybridized carbons (Fsp3) is 0.278. The first-order valence-corrected chi connectivity index (χ1v) is 9.43. The fourth-order valence-corrected chi connectivity index (χ4v) is 3.83. The molecule has 0 saturated carbocycles. The summed E-state index contributed by atoms with van der Waals surface area (Å²) < 4.78 is 1.05. The zero-order valence-corrected chi connectivity index (χ0v) is 16.7. The molecular formula is C18H19BrN2O3S. The van der Waals surface area contributed by atoms with E-state index in [1.807, 2.05) is 19.9 Å². The van der Waals surface area contributed by atoms with Gasteiger partial charge in [-0.25, -0.2) is 0 Å². The largest absolute Gasteiger partial charge is 0.340 e. The van der Waals surface area contributed by atoms with Crippen molar-refractivity contribution in [2.45, 2.75) is 25.3 Å². The molecule has 0 bridgehead atoms. The number of para-hydroxylation sites is 1. The number of rotatable bonds is 6. The molecule has 0 N–H and O–H groups in total. The van der Waals surface area contributed by atoms with E-state index in [1.165, 1.54) is 22.7 Å². The molecule has 0 saturated heterocycles. The van der Waals surface area contributed by atoms with Crippen molar-refractivity contribution in [2.75, 3.05) is 12.8 Å². The van der Waals surface area contributed by atoms with Crippen molar-refractivity contribution < 1.29 is 9.72 Å². The number of nitro benzene ring substituents is 1. The van der Waals surface area contributed by atoms with Gasteiger partial charge in [0.1, 0.15) is 0 Å². The Balaban J connectivity index is 2.02. The highest BCUT2D eigenvalue weighted by molar-refractivity contribution is 9.10. The maximum atomic E-state index is 12.4. The summed E-state index contributed by atoms with van der Waals surface area (Å²) >= 11 is 4.98. The molecule has 0 unspecified atom stereocenters. The predicted molar refractivity (Wildman–Crippen MR) is 104 cm³/mol. The summed E-state index contributed by atoms with van der Waals surface area (Å²) in [5.41, 5.74) is 2.80. The first kappa shape index (κ1) is 19.5. The van der Waals surface area contributed by atoms with Gasteiger partial charge >= 0.3 is 0 Å². The van der Waals surface area contributed by atoms with Crippen molar-refractivity contribution in [3.63, 3.8) is 0 Å². The fourth-order valence-electron chi connectivity index (χ4n) is 2.33. The Morgan fingerprint density at radius 3 is 2.60 bits per heavy atom. The van der Waals surface area contributed by atoms with Gasteiger partial charge in [0, 0.05) is 28.0 Å². The lowest BCUT2D eigenvalue weighted by molar-refractivity contribution is -0.385. The minimum absolute atomic E-state index is 0.0363. The van der Waals surface area contributed by atoms with Gasteiger partial charge in [-0.2, -0.15) is 0 Å². The number of carbonyl (C=O) groups is 1. The van der Waals surface area contributed by atoms with Crippen LogP contribution < -0.4 is 0 Å². The third-order valence-electron chi connectivity index (χ3n) is 3.83. The first-order chi connectivity index (χ1) is 11.8. The molecule has 0 aliphatic carbocycles. The SMILES string of the molecule is Cc1cc(SCC(=O)N(C)Cc2ccccc2[N+](=O)[O-])c(C)cc1Br. The standard InChI is InChI=1S/C18H19BrN2O3S/c1-12-9-17(13(2)8-15(12)19)25-11-18(22)20(3)10-14-6-4-5-7-16(14)21(23)24/h4-9H,10-11H2,1-3H3. The highest BCUT2D eigenvalue weighted by Crippen LogP contribution is 2.28. The molecular weight excluding hydrogens is 404 g/mol. The highest BCUT2D eigenvalue weighted by Gasteiger charge is 2.17. The van der Waals surface area contributed by atoms with Crippen molar-refractivity contribution in [2.24, 2.45) is 0 Å². The van der Waals surface area contributed by atoms with Gasteiger partial charge in [-0.3, -0.25) is 14.9 Å². The second-order valence-corrected chi connectivity index (χ2v) is 7.66. The topological polar surface area (TPSA) is 63.5 Å². The molecule has 0 heterocycles. The molecule has 0 aliphatic rings. The third kappa shape index (κ3) is 5.06. The molecule has 0 radical (unpaired) electrons. The van der Waals surface area contributed by atoms with Gasteiger partial charge in [0.2, 0.25) is 5.91 Å². The second-order valence-electron chi connectivity index (χ2n) is 5.79. The van der Waals surface area contributed by atoms with E-state index in [0.29, 0.717) is 11.3 Å². The number of amides is 1. The van der Waals surface area contributed by atoms with E-state index in [2.05, 4.69) is 22.0 Å². The van der Waals surface area contributed by atoms with Gasteiger partial charge in [0.25, 0.3) is 5.69 Å². The Labute approximate surface area is 159 Å². The second kappa shape index (κ2) is 8.49. The molecule has 25 heavy (non-hydrogen) atoms. The zero-order chi connectivity index (χ0) is 18.6. The van der Waals surface area contributed by atoms with Crippen molar-refractivity contribution >= 4 is 39.3 Å².